The van der Waals surface area contributed by atoms with Gasteiger partial charge in [-0.2, -0.15) is 9.78 Å². The second-order valence-corrected chi connectivity index (χ2v) is 9.68. The number of pyridine rings is 1. The third kappa shape index (κ3) is 4.15. The van der Waals surface area contributed by atoms with Gasteiger partial charge in [-0.3, -0.25) is 9.59 Å². The van der Waals surface area contributed by atoms with Crippen LogP contribution < -0.4 is 10.2 Å². The number of hydrogen-bond donors (Lipinski definition) is 1. The molecule has 4 aromatic rings. The Bertz CT molecular complexity index is 1500. The highest BCUT2D eigenvalue weighted by molar-refractivity contribution is 6.04. The smallest absolute Gasteiger partial charge is 0.230 e. The number of nitrogens with zero attached hydrogens (tertiary/aromatic N) is 4. The largest absolute Gasteiger partial charge is 0.311 e. The zero-order chi connectivity index (χ0) is 25.6. The first-order valence-electron chi connectivity index (χ1n) is 12.4. The number of hydrogen-bond acceptors (Lipinski definition) is 4. The normalized spacial score (nSPS) is 15.6. The van der Waals surface area contributed by atoms with Crippen LogP contribution in [0.5, 0.6) is 0 Å². The molecule has 0 radical (unpaired) electrons. The number of aromatic nitrogens is 3. The van der Waals surface area contributed by atoms with Gasteiger partial charge in [0.05, 0.1) is 17.1 Å². The fourth-order valence-corrected chi connectivity index (χ4v) is 5.13. The summed E-state index contributed by atoms with van der Waals surface area (Å²) < 4.78 is 1.68. The van der Waals surface area contributed by atoms with Crippen molar-refractivity contribution in [2.24, 2.45) is 5.92 Å². The van der Waals surface area contributed by atoms with Crippen molar-refractivity contribution in [2.75, 3.05) is 16.8 Å². The minimum absolute atomic E-state index is 0.0221. The Hall–Kier alpha value is -4.00. The molecule has 2 amide bonds. The van der Waals surface area contributed by atoms with Crippen molar-refractivity contribution in [1.82, 2.24) is 14.8 Å². The molecule has 0 spiro atoms. The van der Waals surface area contributed by atoms with Crippen LogP contribution in [-0.4, -0.2) is 33.1 Å². The minimum atomic E-state index is -0.445. The predicted octanol–water partition coefficient (Wildman–Crippen LogP) is 5.21. The van der Waals surface area contributed by atoms with Crippen LogP contribution in [0.1, 0.15) is 41.3 Å². The van der Waals surface area contributed by atoms with Gasteiger partial charge in [0, 0.05) is 30.1 Å². The highest BCUT2D eigenvalue weighted by Gasteiger charge is 2.36. The van der Waals surface area contributed by atoms with Gasteiger partial charge in [0.15, 0.2) is 5.82 Å². The molecule has 0 bridgehead atoms. The first kappa shape index (κ1) is 23.7. The van der Waals surface area contributed by atoms with Crippen molar-refractivity contribution >= 4 is 34.2 Å². The SMILES string of the molecule is CCc1cccc(C)c1N1CC(C(=O)Nc2cc(C)nn2-c2cc(C)c3cccc(C)c3n2)CC1=O. The van der Waals surface area contributed by atoms with E-state index in [0.717, 1.165) is 51.0 Å². The van der Waals surface area contributed by atoms with E-state index in [4.69, 9.17) is 4.98 Å². The van der Waals surface area contributed by atoms with E-state index in [1.165, 1.54) is 0 Å². The summed E-state index contributed by atoms with van der Waals surface area (Å²) in [5, 5.41) is 8.74. The highest BCUT2D eigenvalue weighted by atomic mass is 16.2. The topological polar surface area (TPSA) is 80.1 Å². The number of rotatable bonds is 5. The van der Waals surface area contributed by atoms with E-state index < -0.39 is 5.92 Å². The van der Waals surface area contributed by atoms with E-state index in [1.54, 1.807) is 9.58 Å². The Labute approximate surface area is 211 Å². The summed E-state index contributed by atoms with van der Waals surface area (Å²) in [5.74, 6) is 0.542. The van der Waals surface area contributed by atoms with Gasteiger partial charge >= 0.3 is 0 Å². The van der Waals surface area contributed by atoms with Gasteiger partial charge < -0.3 is 10.2 Å². The van der Waals surface area contributed by atoms with Crippen molar-refractivity contribution in [3.63, 3.8) is 0 Å². The van der Waals surface area contributed by atoms with Crippen LogP contribution in [-0.2, 0) is 16.0 Å². The third-order valence-electron chi connectivity index (χ3n) is 7.00. The molecule has 36 heavy (non-hydrogen) atoms. The quantitative estimate of drug-likeness (QED) is 0.424. The van der Waals surface area contributed by atoms with Crippen LogP contribution in [0, 0.1) is 33.6 Å². The first-order valence-corrected chi connectivity index (χ1v) is 12.4. The summed E-state index contributed by atoms with van der Waals surface area (Å²) in [5.41, 5.74) is 6.96. The second kappa shape index (κ2) is 9.22. The van der Waals surface area contributed by atoms with Crippen LogP contribution in [0.2, 0.25) is 0 Å². The number of aryl methyl sites for hydroxylation is 5. The summed E-state index contributed by atoms with van der Waals surface area (Å²) in [4.78, 5) is 33.0. The van der Waals surface area contributed by atoms with Crippen molar-refractivity contribution in [1.29, 1.82) is 0 Å². The van der Waals surface area contributed by atoms with Gasteiger partial charge in [-0.15, -0.1) is 0 Å². The molecule has 0 saturated carbocycles. The van der Waals surface area contributed by atoms with E-state index in [9.17, 15) is 9.59 Å². The maximum Gasteiger partial charge on any atom is 0.230 e. The molecule has 0 aliphatic carbocycles. The van der Waals surface area contributed by atoms with Crippen LogP contribution in [0.15, 0.2) is 48.5 Å². The van der Waals surface area contributed by atoms with E-state index in [1.807, 2.05) is 63.2 Å². The molecule has 3 heterocycles. The van der Waals surface area contributed by atoms with Crippen molar-refractivity contribution in [2.45, 2.75) is 47.5 Å². The molecule has 2 aromatic heterocycles. The van der Waals surface area contributed by atoms with Gasteiger partial charge in [-0.05, 0) is 62.4 Å². The van der Waals surface area contributed by atoms with Gasteiger partial charge in [0.1, 0.15) is 5.82 Å². The molecule has 184 valence electrons. The molecule has 1 aliphatic heterocycles. The molecule has 1 N–H and O–H groups in total. The molecule has 2 aromatic carbocycles. The Kier molecular flexibility index (Phi) is 6.08. The van der Waals surface area contributed by atoms with Crippen LogP contribution in [0.4, 0.5) is 11.5 Å². The van der Waals surface area contributed by atoms with E-state index >= 15 is 0 Å². The fourth-order valence-electron chi connectivity index (χ4n) is 5.13. The predicted molar refractivity (Wildman–Crippen MR) is 143 cm³/mol. The number of benzene rings is 2. The summed E-state index contributed by atoms with van der Waals surface area (Å²) >= 11 is 0. The molecule has 7 nitrogen and oxygen atoms in total. The van der Waals surface area contributed by atoms with E-state index in [0.29, 0.717) is 18.2 Å². The van der Waals surface area contributed by atoms with E-state index in [2.05, 4.69) is 30.3 Å². The highest BCUT2D eigenvalue weighted by Crippen LogP contribution is 2.32. The summed E-state index contributed by atoms with van der Waals surface area (Å²) in [6.07, 6.45) is 1.01. The van der Waals surface area contributed by atoms with Gasteiger partial charge in [-0.1, -0.05) is 43.3 Å². The molecule has 1 unspecified atom stereocenters. The van der Waals surface area contributed by atoms with Crippen molar-refractivity contribution in [3.8, 4) is 5.82 Å². The maximum atomic E-state index is 13.4. The molecule has 5 rings (SSSR count). The molecule has 1 aliphatic rings. The van der Waals surface area contributed by atoms with Crippen LogP contribution in [0.3, 0.4) is 0 Å². The number of amides is 2. The Morgan fingerprint density at radius 2 is 1.78 bits per heavy atom. The van der Waals surface area contributed by atoms with Crippen molar-refractivity contribution in [3.05, 3.63) is 76.5 Å². The molecular formula is C29H31N5O2. The second-order valence-electron chi connectivity index (χ2n) is 9.68. The standard InChI is InChI=1S/C29H31N5O2/c1-6-21-11-7-10-18(3)28(21)33-16-22(15-26(33)35)29(36)31-25-14-20(5)32-34(25)24-13-19(4)23-12-8-9-17(2)27(23)30-24/h7-14,22H,6,15-16H2,1-5H3,(H,31,36). The maximum absolute atomic E-state index is 13.4. The lowest BCUT2D eigenvalue weighted by Gasteiger charge is -2.22. The molecule has 1 fully saturated rings. The molecule has 1 saturated heterocycles. The Morgan fingerprint density at radius 3 is 2.56 bits per heavy atom. The summed E-state index contributed by atoms with van der Waals surface area (Å²) in [6, 6.07) is 16.0. The third-order valence-corrected chi connectivity index (χ3v) is 7.00. The number of nitrogens with one attached hydrogen (secondary N) is 1. The Morgan fingerprint density at radius 1 is 1.03 bits per heavy atom. The molecular weight excluding hydrogens is 450 g/mol. The van der Waals surface area contributed by atoms with E-state index in [-0.39, 0.29) is 18.2 Å². The summed E-state index contributed by atoms with van der Waals surface area (Å²) in [6.45, 7) is 10.4. The molecule has 7 heteroatoms. The lowest BCUT2D eigenvalue weighted by molar-refractivity contribution is -0.122. The summed E-state index contributed by atoms with van der Waals surface area (Å²) in [7, 11) is 0. The fraction of sp³-hybridized carbons (Fsp3) is 0.310. The zero-order valence-electron chi connectivity index (χ0n) is 21.4. The van der Waals surface area contributed by atoms with Crippen LogP contribution >= 0.6 is 0 Å². The number of anilines is 2. The first-order chi connectivity index (χ1) is 17.3. The average Bonchev–Trinajstić information content (AvgIpc) is 3.41. The lowest BCUT2D eigenvalue weighted by atomic mass is 10.0. The number of fused-ring (bicyclic) bond motifs is 1. The number of carbonyl (C=O) groups is 2. The average molecular weight is 482 g/mol. The monoisotopic (exact) mass is 481 g/mol. The lowest BCUT2D eigenvalue weighted by Crippen LogP contribution is -2.29. The minimum Gasteiger partial charge on any atom is -0.311 e. The van der Waals surface area contributed by atoms with Gasteiger partial charge in [0.2, 0.25) is 11.8 Å². The number of para-hydroxylation sites is 2. The molecule has 1 atom stereocenters. The van der Waals surface area contributed by atoms with Gasteiger partial charge in [-0.25, -0.2) is 4.98 Å². The number of carbonyl (C=O) groups excluding carboxylic acids is 2. The van der Waals surface area contributed by atoms with Gasteiger partial charge in [0.25, 0.3) is 0 Å². The van der Waals surface area contributed by atoms with Crippen LogP contribution in [0.25, 0.3) is 16.7 Å². The zero-order valence-corrected chi connectivity index (χ0v) is 21.4. The van der Waals surface area contributed by atoms with Crippen molar-refractivity contribution < 1.29 is 9.59 Å². The Balaban J connectivity index is 1.43.